The molecule has 0 heterocycles. The predicted molar refractivity (Wildman–Crippen MR) is 57.2 cm³/mol. The van der Waals surface area contributed by atoms with Crippen molar-refractivity contribution in [2.24, 2.45) is 17.8 Å². The highest BCUT2D eigenvalue weighted by Crippen LogP contribution is 2.24. The lowest BCUT2D eigenvalue weighted by Gasteiger charge is -2.20. The van der Waals surface area contributed by atoms with Crippen molar-refractivity contribution in [2.75, 3.05) is 0 Å². The van der Waals surface area contributed by atoms with Gasteiger partial charge in [0.1, 0.15) is 0 Å². The van der Waals surface area contributed by atoms with E-state index in [9.17, 15) is 0 Å². The van der Waals surface area contributed by atoms with Gasteiger partial charge in [-0.15, -0.1) is 6.58 Å². The number of hydrogen-bond donors (Lipinski definition) is 0. The Morgan fingerprint density at radius 3 is 2.38 bits per heavy atom. The quantitative estimate of drug-likeness (QED) is 0.449. The third-order valence-electron chi connectivity index (χ3n) is 2.55. The molecule has 0 bridgehead atoms. The van der Waals surface area contributed by atoms with Crippen molar-refractivity contribution in [1.82, 2.24) is 0 Å². The van der Waals surface area contributed by atoms with Crippen molar-refractivity contribution in [3.63, 3.8) is 0 Å². The van der Waals surface area contributed by atoms with E-state index >= 15 is 0 Å². The van der Waals surface area contributed by atoms with E-state index in [-0.39, 0.29) is 5.92 Å². The fourth-order valence-corrected chi connectivity index (χ4v) is 1.70. The first-order valence-corrected chi connectivity index (χ1v) is 5.14. The fourth-order valence-electron chi connectivity index (χ4n) is 1.70. The molecule has 0 aliphatic rings. The molecule has 2 atom stereocenters. The number of rotatable bonds is 6. The minimum atomic E-state index is 0.213. The third-order valence-corrected chi connectivity index (χ3v) is 2.55. The van der Waals surface area contributed by atoms with Gasteiger partial charge in [-0.1, -0.05) is 26.8 Å². The molecular weight excluding hydrogens is 158 g/mol. The second-order valence-corrected chi connectivity index (χ2v) is 4.10. The van der Waals surface area contributed by atoms with Gasteiger partial charge in [0.25, 0.3) is 0 Å². The zero-order chi connectivity index (χ0) is 10.3. The highest BCUT2D eigenvalue weighted by molar-refractivity contribution is 4.88. The van der Waals surface area contributed by atoms with Crippen molar-refractivity contribution in [3.05, 3.63) is 12.7 Å². The van der Waals surface area contributed by atoms with Crippen LogP contribution in [0.25, 0.3) is 0 Å². The summed E-state index contributed by atoms with van der Waals surface area (Å²) in [5, 5.41) is 8.95. The monoisotopic (exact) mass is 179 g/mol. The van der Waals surface area contributed by atoms with E-state index in [1.54, 1.807) is 0 Å². The molecule has 0 saturated carbocycles. The van der Waals surface area contributed by atoms with Crippen LogP contribution in [0.15, 0.2) is 12.7 Å². The molecule has 1 nitrogen and oxygen atoms in total. The van der Waals surface area contributed by atoms with Crippen LogP contribution in [0.4, 0.5) is 0 Å². The molecule has 0 aliphatic heterocycles. The average molecular weight is 179 g/mol. The van der Waals surface area contributed by atoms with Gasteiger partial charge in [0, 0.05) is 0 Å². The van der Waals surface area contributed by atoms with Gasteiger partial charge in [-0.25, -0.2) is 0 Å². The third kappa shape index (κ3) is 4.72. The fraction of sp³-hybridized carbons (Fsp3) is 0.750. The molecule has 0 radical (unpaired) electrons. The molecule has 0 aromatic carbocycles. The lowest BCUT2D eigenvalue weighted by molar-refractivity contribution is 0.320. The smallest absolute Gasteiger partial charge is 0.0661 e. The SMILES string of the molecule is C=CCCCC(C)C(C#N)C(C)C. The van der Waals surface area contributed by atoms with Crippen LogP contribution < -0.4 is 0 Å². The highest BCUT2D eigenvalue weighted by atomic mass is 14.3. The Labute approximate surface area is 82.5 Å². The molecule has 13 heavy (non-hydrogen) atoms. The van der Waals surface area contributed by atoms with Crippen LogP contribution >= 0.6 is 0 Å². The van der Waals surface area contributed by atoms with E-state index in [2.05, 4.69) is 33.4 Å². The predicted octanol–water partition coefficient (Wildman–Crippen LogP) is 3.77. The summed E-state index contributed by atoms with van der Waals surface area (Å²) in [4.78, 5) is 0. The van der Waals surface area contributed by atoms with Gasteiger partial charge < -0.3 is 0 Å². The summed E-state index contributed by atoms with van der Waals surface area (Å²) in [7, 11) is 0. The summed E-state index contributed by atoms with van der Waals surface area (Å²) in [5.41, 5.74) is 0. The second kappa shape index (κ2) is 6.71. The first-order chi connectivity index (χ1) is 6.13. The lowest BCUT2D eigenvalue weighted by Crippen LogP contribution is -2.15. The van der Waals surface area contributed by atoms with Gasteiger partial charge in [0.15, 0.2) is 0 Å². The van der Waals surface area contributed by atoms with Crippen LogP contribution in [0, 0.1) is 29.1 Å². The normalized spacial score (nSPS) is 15.0. The van der Waals surface area contributed by atoms with Gasteiger partial charge in [-0.3, -0.25) is 0 Å². The number of unbranched alkanes of at least 4 members (excludes halogenated alkanes) is 1. The summed E-state index contributed by atoms with van der Waals surface area (Å²) in [6.45, 7) is 10.1. The molecule has 0 N–H and O–H groups in total. The van der Waals surface area contributed by atoms with E-state index in [1.165, 1.54) is 0 Å². The molecule has 0 saturated heterocycles. The van der Waals surface area contributed by atoms with Crippen molar-refractivity contribution in [2.45, 2.75) is 40.0 Å². The number of allylic oxidation sites excluding steroid dienone is 1. The summed E-state index contributed by atoms with van der Waals surface area (Å²) in [6.07, 6.45) is 5.32. The van der Waals surface area contributed by atoms with Gasteiger partial charge >= 0.3 is 0 Å². The molecule has 1 heteroatoms. The van der Waals surface area contributed by atoms with Crippen LogP contribution in [-0.4, -0.2) is 0 Å². The van der Waals surface area contributed by atoms with E-state index < -0.39 is 0 Å². The summed E-state index contributed by atoms with van der Waals surface area (Å²) in [5.74, 6) is 1.21. The zero-order valence-corrected chi connectivity index (χ0v) is 9.09. The first-order valence-electron chi connectivity index (χ1n) is 5.14. The molecular formula is C12H21N. The van der Waals surface area contributed by atoms with Gasteiger partial charge in [0.05, 0.1) is 12.0 Å². The van der Waals surface area contributed by atoms with Crippen molar-refractivity contribution in [1.29, 1.82) is 5.26 Å². The molecule has 0 aliphatic carbocycles. The maximum atomic E-state index is 8.95. The van der Waals surface area contributed by atoms with Gasteiger partial charge in [0.2, 0.25) is 0 Å². The molecule has 0 spiro atoms. The topological polar surface area (TPSA) is 23.8 Å². The lowest BCUT2D eigenvalue weighted by atomic mass is 9.83. The number of hydrogen-bond acceptors (Lipinski definition) is 1. The molecule has 0 aromatic rings. The van der Waals surface area contributed by atoms with Crippen molar-refractivity contribution in [3.8, 4) is 6.07 Å². The van der Waals surface area contributed by atoms with Crippen LogP contribution in [0.2, 0.25) is 0 Å². The maximum absolute atomic E-state index is 8.95. The zero-order valence-electron chi connectivity index (χ0n) is 9.09. The Morgan fingerprint density at radius 2 is 2.00 bits per heavy atom. The van der Waals surface area contributed by atoms with E-state index in [0.29, 0.717) is 11.8 Å². The summed E-state index contributed by atoms with van der Waals surface area (Å²) in [6, 6.07) is 2.40. The maximum Gasteiger partial charge on any atom is 0.0661 e. The van der Waals surface area contributed by atoms with E-state index in [0.717, 1.165) is 19.3 Å². The highest BCUT2D eigenvalue weighted by Gasteiger charge is 2.19. The molecule has 0 amide bonds. The van der Waals surface area contributed by atoms with Crippen LogP contribution in [0.5, 0.6) is 0 Å². The molecule has 0 rings (SSSR count). The Balaban J connectivity index is 3.86. The first kappa shape index (κ1) is 12.2. The standard InChI is InChI=1S/C12H21N/c1-5-6-7-8-11(4)12(9-13)10(2)3/h5,10-12H,1,6-8H2,2-4H3. The second-order valence-electron chi connectivity index (χ2n) is 4.10. The molecule has 74 valence electrons. The van der Waals surface area contributed by atoms with Gasteiger partial charge in [-0.2, -0.15) is 5.26 Å². The van der Waals surface area contributed by atoms with E-state index in [1.807, 2.05) is 6.08 Å². The Bertz CT molecular complexity index is 176. The van der Waals surface area contributed by atoms with Crippen molar-refractivity contribution >= 4 is 0 Å². The molecule has 0 aromatic heterocycles. The summed E-state index contributed by atoms with van der Waals surface area (Å²) < 4.78 is 0. The Kier molecular flexibility index (Phi) is 6.32. The Hall–Kier alpha value is -0.770. The largest absolute Gasteiger partial charge is 0.198 e. The van der Waals surface area contributed by atoms with E-state index in [4.69, 9.17) is 5.26 Å². The minimum absolute atomic E-state index is 0.213. The average Bonchev–Trinajstić information content (AvgIpc) is 2.05. The molecule has 2 unspecified atom stereocenters. The van der Waals surface area contributed by atoms with Crippen molar-refractivity contribution < 1.29 is 0 Å². The van der Waals surface area contributed by atoms with Crippen LogP contribution in [0.3, 0.4) is 0 Å². The number of nitriles is 1. The summed E-state index contributed by atoms with van der Waals surface area (Å²) >= 11 is 0. The minimum Gasteiger partial charge on any atom is -0.198 e. The van der Waals surface area contributed by atoms with Crippen LogP contribution in [-0.2, 0) is 0 Å². The van der Waals surface area contributed by atoms with Gasteiger partial charge in [-0.05, 0) is 31.1 Å². The number of nitrogens with zero attached hydrogens (tertiary/aromatic N) is 1. The molecule has 0 fully saturated rings. The van der Waals surface area contributed by atoms with Crippen LogP contribution in [0.1, 0.15) is 40.0 Å². The Morgan fingerprint density at radius 1 is 1.38 bits per heavy atom.